The molecule has 0 saturated carbocycles. The highest BCUT2D eigenvalue weighted by molar-refractivity contribution is 6.24. The van der Waals surface area contributed by atoms with Crippen molar-refractivity contribution in [3.05, 3.63) is 176 Å². The van der Waals surface area contributed by atoms with Crippen LogP contribution in [-0.2, 0) is 0 Å². The van der Waals surface area contributed by atoms with Gasteiger partial charge in [-0.3, -0.25) is 0 Å². The summed E-state index contributed by atoms with van der Waals surface area (Å²) in [5.41, 5.74) is 4.74. The Labute approximate surface area is 315 Å². The van der Waals surface area contributed by atoms with Gasteiger partial charge in [0.25, 0.3) is 0 Å². The van der Waals surface area contributed by atoms with Crippen LogP contribution in [0.5, 0.6) is 0 Å². The van der Waals surface area contributed by atoms with Gasteiger partial charge in [0.05, 0.1) is 44.6 Å². The van der Waals surface area contributed by atoms with Crippen molar-refractivity contribution in [3.63, 3.8) is 0 Å². The third kappa shape index (κ3) is 4.41. The molecule has 3 aromatic heterocycles. The van der Waals surface area contributed by atoms with E-state index in [9.17, 15) is 5.48 Å². The maximum atomic E-state index is 9.70. The molecule has 0 N–H and O–H groups in total. The Bertz CT molecular complexity index is 3810. The molecular weight excluding hydrogens is 635 g/mol. The van der Waals surface area contributed by atoms with E-state index in [2.05, 4.69) is 0 Å². The zero-order chi connectivity index (χ0) is 44.6. The van der Waals surface area contributed by atoms with Crippen molar-refractivity contribution in [3.8, 4) is 39.6 Å². The third-order valence-electron chi connectivity index (χ3n) is 9.44. The first-order valence-corrected chi connectivity index (χ1v) is 16.6. The predicted molar refractivity (Wildman–Crippen MR) is 215 cm³/mol. The van der Waals surface area contributed by atoms with Gasteiger partial charge < -0.3 is 8.98 Å². The van der Waals surface area contributed by atoms with Crippen LogP contribution >= 0.6 is 0 Å². The number of para-hydroxylation sites is 1. The molecule has 0 radical (unpaired) electrons. The van der Waals surface area contributed by atoms with Crippen LogP contribution < -0.4 is 0 Å². The second-order valence-corrected chi connectivity index (χ2v) is 12.4. The number of furan rings is 1. The SMILES string of the molecule is [2H]c1c([2H])c([2H])c2c([2H])c3c(c([2H])c2c1[2H])c1c2c([2H])c([2H])c([2H])c([2H])c2c([2H])c([2H])c1n3-c1cccc2c1oc1cc(-c3nc(-c4ccccc4)cc(-c4ccccc4)n3)ccc12. The van der Waals surface area contributed by atoms with E-state index in [-0.39, 0.29) is 54.6 Å². The molecule has 4 heteroatoms. The van der Waals surface area contributed by atoms with E-state index in [0.29, 0.717) is 27.7 Å². The van der Waals surface area contributed by atoms with Crippen molar-refractivity contribution >= 4 is 65.3 Å². The molecule has 3 heterocycles. The quantitative estimate of drug-likeness (QED) is 0.186. The summed E-state index contributed by atoms with van der Waals surface area (Å²) in [6, 6.07) is 25.9. The van der Waals surface area contributed by atoms with E-state index < -0.39 is 72.5 Å². The van der Waals surface area contributed by atoms with Gasteiger partial charge in [0, 0.05) is 38.2 Å². The lowest BCUT2D eigenvalue weighted by atomic mass is 10.0. The average Bonchev–Trinajstić information content (AvgIpc) is 3.88. The molecule has 0 fully saturated rings. The van der Waals surface area contributed by atoms with E-state index >= 15 is 0 Å². The summed E-state index contributed by atoms with van der Waals surface area (Å²) >= 11 is 0. The van der Waals surface area contributed by atoms with E-state index in [1.54, 1.807) is 12.1 Å². The molecule has 0 atom stereocenters. The van der Waals surface area contributed by atoms with E-state index in [1.807, 2.05) is 91.0 Å². The molecule has 0 amide bonds. The monoisotopic (exact) mass is 675 g/mol. The minimum atomic E-state index is -0.616. The van der Waals surface area contributed by atoms with Gasteiger partial charge in [0.1, 0.15) is 5.58 Å². The Morgan fingerprint density at radius 3 is 1.94 bits per heavy atom. The standard InChI is InChI=1S/C48H29N3O/c1-3-13-31(14-4-1)40-29-41(32-15-5-2-6-16-32)50-48(49-40)35-22-24-37-38-20-11-21-43(47(38)52-45(37)28-35)51-42-25-23-30-12-9-10-19-36(30)46(42)39-26-33-17-7-8-18-34(33)27-44(39)51/h1-29H/i7D,8D,9D,10D,12D,17D,18D,19D,23D,25D,26D,27D. The summed E-state index contributed by atoms with van der Waals surface area (Å²) < 4.78 is 116. The van der Waals surface area contributed by atoms with Gasteiger partial charge in [0.2, 0.25) is 0 Å². The van der Waals surface area contributed by atoms with Crippen molar-refractivity contribution in [1.29, 1.82) is 0 Å². The van der Waals surface area contributed by atoms with Gasteiger partial charge in [-0.25, -0.2) is 9.97 Å². The Hall–Kier alpha value is -7.04. The van der Waals surface area contributed by atoms with Gasteiger partial charge in [-0.2, -0.15) is 0 Å². The summed E-state index contributed by atoms with van der Waals surface area (Å²) in [5, 5.41) is 0.278. The number of aromatic nitrogens is 3. The number of benzene rings is 8. The maximum Gasteiger partial charge on any atom is 0.160 e. The number of hydrogen-bond acceptors (Lipinski definition) is 3. The predicted octanol–water partition coefficient (Wildman–Crippen LogP) is 12.8. The van der Waals surface area contributed by atoms with Crippen molar-refractivity contribution in [1.82, 2.24) is 14.5 Å². The Balaban J connectivity index is 1.25. The fraction of sp³-hybridized carbons (Fsp3) is 0. The lowest BCUT2D eigenvalue weighted by molar-refractivity contribution is 0.666. The fourth-order valence-electron chi connectivity index (χ4n) is 7.06. The lowest BCUT2D eigenvalue weighted by Crippen LogP contribution is -1.95. The van der Waals surface area contributed by atoms with Crippen LogP contribution in [-0.4, -0.2) is 14.5 Å². The first-order valence-electron chi connectivity index (χ1n) is 22.6. The maximum absolute atomic E-state index is 9.70. The fourth-order valence-corrected chi connectivity index (χ4v) is 7.06. The lowest BCUT2D eigenvalue weighted by Gasteiger charge is -2.09. The number of nitrogens with zero attached hydrogens (tertiary/aromatic N) is 3. The molecule has 0 aliphatic rings. The molecule has 52 heavy (non-hydrogen) atoms. The molecule has 0 unspecified atom stereocenters. The van der Waals surface area contributed by atoms with Crippen LogP contribution in [0.25, 0.3) is 105 Å². The van der Waals surface area contributed by atoms with E-state index in [4.69, 9.17) is 25.4 Å². The summed E-state index contributed by atoms with van der Waals surface area (Å²) in [5.74, 6) is 0.446. The molecule has 0 aliphatic carbocycles. The number of hydrogen-bond donors (Lipinski definition) is 0. The van der Waals surface area contributed by atoms with Crippen LogP contribution in [0.1, 0.15) is 16.4 Å². The second kappa shape index (κ2) is 11.2. The van der Waals surface area contributed by atoms with Gasteiger partial charge in [-0.05, 0) is 63.9 Å². The van der Waals surface area contributed by atoms with Crippen molar-refractivity contribution in [2.75, 3.05) is 0 Å². The largest absolute Gasteiger partial charge is 0.454 e. The molecule has 242 valence electrons. The van der Waals surface area contributed by atoms with E-state index in [0.717, 1.165) is 22.5 Å². The average molecular weight is 676 g/mol. The Morgan fingerprint density at radius 1 is 0.500 bits per heavy atom. The summed E-state index contributed by atoms with van der Waals surface area (Å²) in [4.78, 5) is 9.96. The number of fused-ring (bicyclic) bond motifs is 9. The zero-order valence-electron chi connectivity index (χ0n) is 39.1. The van der Waals surface area contributed by atoms with Gasteiger partial charge in [0.15, 0.2) is 11.4 Å². The highest BCUT2D eigenvalue weighted by Crippen LogP contribution is 2.42. The van der Waals surface area contributed by atoms with Crippen LogP contribution in [0.15, 0.2) is 180 Å². The topological polar surface area (TPSA) is 43.9 Å². The van der Waals surface area contributed by atoms with Crippen molar-refractivity contribution in [2.45, 2.75) is 0 Å². The first-order chi connectivity index (χ1) is 30.8. The molecule has 0 spiro atoms. The van der Waals surface area contributed by atoms with Gasteiger partial charge >= 0.3 is 0 Å². The first kappa shape index (κ1) is 19.4. The molecular formula is C48H29N3O. The Morgan fingerprint density at radius 2 is 1.19 bits per heavy atom. The Kier molecular flexibility index (Phi) is 4.19. The zero-order valence-corrected chi connectivity index (χ0v) is 27.1. The molecule has 4 nitrogen and oxygen atoms in total. The second-order valence-electron chi connectivity index (χ2n) is 12.4. The minimum absolute atomic E-state index is 0.0362. The highest BCUT2D eigenvalue weighted by Gasteiger charge is 2.20. The van der Waals surface area contributed by atoms with Crippen LogP contribution in [0, 0.1) is 0 Å². The van der Waals surface area contributed by atoms with Crippen LogP contribution in [0.3, 0.4) is 0 Å². The van der Waals surface area contributed by atoms with Gasteiger partial charge in [-0.1, -0.05) is 133 Å². The molecule has 0 aliphatic heterocycles. The highest BCUT2D eigenvalue weighted by atomic mass is 16.3. The van der Waals surface area contributed by atoms with Crippen LogP contribution in [0.4, 0.5) is 0 Å². The summed E-state index contributed by atoms with van der Waals surface area (Å²) in [6.07, 6.45) is 0. The van der Waals surface area contributed by atoms with Crippen molar-refractivity contribution < 1.29 is 20.9 Å². The smallest absolute Gasteiger partial charge is 0.160 e. The molecule has 0 bridgehead atoms. The molecule has 0 saturated heterocycles. The van der Waals surface area contributed by atoms with Crippen LogP contribution in [0.2, 0.25) is 0 Å². The van der Waals surface area contributed by atoms with E-state index in [1.165, 1.54) is 4.57 Å². The minimum Gasteiger partial charge on any atom is -0.454 e. The molecule has 8 aromatic carbocycles. The van der Waals surface area contributed by atoms with Crippen molar-refractivity contribution in [2.24, 2.45) is 0 Å². The summed E-state index contributed by atoms with van der Waals surface area (Å²) in [7, 11) is 0. The number of rotatable bonds is 4. The van der Waals surface area contributed by atoms with Gasteiger partial charge in [-0.15, -0.1) is 0 Å². The normalized spacial score (nSPS) is 15.1. The third-order valence-corrected chi connectivity index (χ3v) is 9.44. The molecule has 11 aromatic rings. The molecule has 11 rings (SSSR count). The summed E-state index contributed by atoms with van der Waals surface area (Å²) in [6.45, 7) is 0.